The lowest BCUT2D eigenvalue weighted by atomic mass is 9.86. The van der Waals surface area contributed by atoms with Crippen molar-refractivity contribution in [2.45, 2.75) is 45.6 Å². The molecule has 0 unspecified atom stereocenters. The number of benzene rings is 1. The van der Waals surface area contributed by atoms with E-state index in [1.165, 1.54) is 6.42 Å². The zero-order valence-corrected chi connectivity index (χ0v) is 21.0. The number of nitrogens with one attached hydrogen (secondary N) is 1. The number of methoxy groups -OCH3 is 2. The average molecular weight is 462 g/mol. The average Bonchev–Trinajstić information content (AvgIpc) is 2.83. The minimum Gasteiger partial charge on any atom is -0.493 e. The summed E-state index contributed by atoms with van der Waals surface area (Å²) in [4.78, 5) is 17.8. The lowest BCUT2D eigenvalue weighted by Gasteiger charge is -2.45. The van der Waals surface area contributed by atoms with Crippen LogP contribution in [0.5, 0.6) is 11.5 Å². The summed E-state index contributed by atoms with van der Waals surface area (Å²) < 4.78 is 16.2. The van der Waals surface area contributed by atoms with Crippen molar-refractivity contribution in [3.05, 3.63) is 23.8 Å². The number of hydrogen-bond donors (Lipinski definition) is 1. The molecule has 0 saturated carbocycles. The van der Waals surface area contributed by atoms with Gasteiger partial charge in [-0.25, -0.2) is 0 Å². The SMILES string of the molecule is COc1ccc(CCNC(=O)CC[C@H]2CN(CC(C)C)CC[C@H]2N2CCOCC2)cc1OC. The number of hydrogen-bond acceptors (Lipinski definition) is 6. The van der Waals surface area contributed by atoms with Gasteiger partial charge in [-0.2, -0.15) is 0 Å². The van der Waals surface area contributed by atoms with E-state index in [-0.39, 0.29) is 5.91 Å². The normalized spacial score (nSPS) is 22.3. The molecule has 0 spiro atoms. The van der Waals surface area contributed by atoms with Gasteiger partial charge >= 0.3 is 0 Å². The Kier molecular flexibility index (Phi) is 10.3. The first-order valence-electron chi connectivity index (χ1n) is 12.5. The summed E-state index contributed by atoms with van der Waals surface area (Å²) in [6.45, 7) is 12.3. The number of rotatable bonds is 11. The summed E-state index contributed by atoms with van der Waals surface area (Å²) in [6, 6.07) is 6.47. The van der Waals surface area contributed by atoms with Crippen molar-refractivity contribution in [3.8, 4) is 11.5 Å². The molecule has 1 aromatic carbocycles. The Morgan fingerprint density at radius 2 is 1.91 bits per heavy atom. The number of amides is 1. The van der Waals surface area contributed by atoms with E-state index in [0.29, 0.717) is 30.8 Å². The van der Waals surface area contributed by atoms with Crippen molar-refractivity contribution in [2.75, 3.05) is 66.7 Å². The van der Waals surface area contributed by atoms with E-state index in [1.54, 1.807) is 14.2 Å². The van der Waals surface area contributed by atoms with E-state index in [1.807, 2.05) is 18.2 Å². The van der Waals surface area contributed by atoms with Crippen molar-refractivity contribution in [1.29, 1.82) is 0 Å². The Hall–Kier alpha value is -1.83. The summed E-state index contributed by atoms with van der Waals surface area (Å²) in [6.07, 6.45) is 3.50. The highest BCUT2D eigenvalue weighted by atomic mass is 16.5. The fourth-order valence-electron chi connectivity index (χ4n) is 5.24. The van der Waals surface area contributed by atoms with Gasteiger partial charge in [0.25, 0.3) is 0 Å². The van der Waals surface area contributed by atoms with Crippen LogP contribution >= 0.6 is 0 Å². The van der Waals surface area contributed by atoms with Crippen molar-refractivity contribution < 1.29 is 19.0 Å². The van der Waals surface area contributed by atoms with Crippen molar-refractivity contribution >= 4 is 5.91 Å². The molecule has 0 radical (unpaired) electrons. The van der Waals surface area contributed by atoms with Crippen LogP contribution < -0.4 is 14.8 Å². The zero-order chi connectivity index (χ0) is 23.6. The monoisotopic (exact) mass is 461 g/mol. The van der Waals surface area contributed by atoms with Gasteiger partial charge in [0.2, 0.25) is 5.91 Å². The number of ether oxygens (including phenoxy) is 3. The Morgan fingerprint density at radius 3 is 2.61 bits per heavy atom. The van der Waals surface area contributed by atoms with Gasteiger partial charge in [0.05, 0.1) is 27.4 Å². The lowest BCUT2D eigenvalue weighted by Crippen LogP contribution is -2.54. The molecule has 2 heterocycles. The van der Waals surface area contributed by atoms with Crippen LogP contribution in [0.15, 0.2) is 18.2 Å². The largest absolute Gasteiger partial charge is 0.493 e. The van der Waals surface area contributed by atoms with Crippen LogP contribution in [0.4, 0.5) is 0 Å². The molecule has 0 aromatic heterocycles. The molecule has 0 bridgehead atoms. The molecule has 0 aliphatic carbocycles. The molecular formula is C26H43N3O4. The Morgan fingerprint density at radius 1 is 1.15 bits per heavy atom. The second kappa shape index (κ2) is 13.2. The number of nitrogens with zero attached hydrogens (tertiary/aromatic N) is 2. The Labute approximate surface area is 199 Å². The predicted octanol–water partition coefficient (Wildman–Crippen LogP) is 2.82. The summed E-state index contributed by atoms with van der Waals surface area (Å²) in [5, 5.41) is 3.12. The number of piperidine rings is 1. The van der Waals surface area contributed by atoms with Crippen LogP contribution in [0.25, 0.3) is 0 Å². The van der Waals surface area contributed by atoms with Crippen molar-refractivity contribution in [2.24, 2.45) is 11.8 Å². The van der Waals surface area contributed by atoms with Crippen LogP contribution in [-0.2, 0) is 16.0 Å². The minimum atomic E-state index is 0.150. The fourth-order valence-corrected chi connectivity index (χ4v) is 5.24. The zero-order valence-electron chi connectivity index (χ0n) is 21.0. The lowest BCUT2D eigenvalue weighted by molar-refractivity contribution is -0.121. The molecule has 1 aromatic rings. The molecule has 2 aliphatic rings. The van der Waals surface area contributed by atoms with Gasteiger partial charge in [0.1, 0.15) is 0 Å². The first-order chi connectivity index (χ1) is 16.0. The van der Waals surface area contributed by atoms with Crippen LogP contribution in [0.3, 0.4) is 0 Å². The molecule has 186 valence electrons. The second-order valence-electron chi connectivity index (χ2n) is 9.75. The van der Waals surface area contributed by atoms with Gasteiger partial charge in [0.15, 0.2) is 11.5 Å². The molecule has 2 saturated heterocycles. The Balaban J connectivity index is 1.48. The van der Waals surface area contributed by atoms with Crippen molar-refractivity contribution in [3.63, 3.8) is 0 Å². The summed E-state index contributed by atoms with van der Waals surface area (Å²) in [5.74, 6) is 2.80. The third-order valence-corrected chi connectivity index (χ3v) is 6.84. The van der Waals surface area contributed by atoms with Crippen LogP contribution in [0.1, 0.15) is 38.7 Å². The second-order valence-corrected chi connectivity index (χ2v) is 9.75. The van der Waals surface area contributed by atoms with E-state index in [9.17, 15) is 4.79 Å². The van der Waals surface area contributed by atoms with Crippen LogP contribution in [0.2, 0.25) is 0 Å². The number of carbonyl (C=O) groups is 1. The van der Waals surface area contributed by atoms with E-state index in [4.69, 9.17) is 14.2 Å². The fraction of sp³-hybridized carbons (Fsp3) is 0.731. The summed E-state index contributed by atoms with van der Waals surface area (Å²) in [5.41, 5.74) is 1.12. The van der Waals surface area contributed by atoms with E-state index < -0.39 is 0 Å². The molecule has 33 heavy (non-hydrogen) atoms. The highest BCUT2D eigenvalue weighted by Gasteiger charge is 2.34. The molecule has 3 rings (SSSR count). The maximum absolute atomic E-state index is 12.6. The standard InChI is InChI=1S/C26H43N3O4/c1-20(2)18-28-12-10-23(29-13-15-33-16-14-29)22(19-28)6-8-26(30)27-11-9-21-5-7-24(31-3)25(17-21)32-4/h5,7,17,20,22-23H,6,8-16,18-19H2,1-4H3,(H,27,30)/t22-,23+/m0/s1. The van der Waals surface area contributed by atoms with Gasteiger partial charge in [-0.3, -0.25) is 9.69 Å². The van der Waals surface area contributed by atoms with Gasteiger partial charge in [-0.15, -0.1) is 0 Å². The van der Waals surface area contributed by atoms with E-state index in [2.05, 4.69) is 29.0 Å². The van der Waals surface area contributed by atoms with Gasteiger partial charge in [-0.1, -0.05) is 19.9 Å². The maximum atomic E-state index is 12.6. The van der Waals surface area contributed by atoms with Gasteiger partial charge < -0.3 is 24.4 Å². The number of morpholine rings is 1. The van der Waals surface area contributed by atoms with Crippen molar-refractivity contribution in [1.82, 2.24) is 15.1 Å². The molecule has 1 amide bonds. The first-order valence-corrected chi connectivity index (χ1v) is 12.5. The highest BCUT2D eigenvalue weighted by molar-refractivity contribution is 5.75. The number of carbonyl (C=O) groups excluding carboxylic acids is 1. The molecule has 1 N–H and O–H groups in total. The summed E-state index contributed by atoms with van der Waals surface area (Å²) in [7, 11) is 3.27. The molecule has 2 atom stereocenters. The number of likely N-dealkylation sites (tertiary alicyclic amines) is 1. The minimum absolute atomic E-state index is 0.150. The van der Waals surface area contributed by atoms with Crippen LogP contribution in [0, 0.1) is 11.8 Å². The topological polar surface area (TPSA) is 63.3 Å². The third-order valence-electron chi connectivity index (χ3n) is 6.84. The molecule has 2 fully saturated rings. The van der Waals surface area contributed by atoms with E-state index in [0.717, 1.165) is 75.8 Å². The predicted molar refractivity (Wildman–Crippen MR) is 131 cm³/mol. The maximum Gasteiger partial charge on any atom is 0.220 e. The molecule has 2 aliphatic heterocycles. The highest BCUT2D eigenvalue weighted by Crippen LogP contribution is 2.28. The van der Waals surface area contributed by atoms with Gasteiger partial charge in [0, 0.05) is 45.2 Å². The van der Waals surface area contributed by atoms with Crippen LogP contribution in [-0.4, -0.2) is 88.5 Å². The van der Waals surface area contributed by atoms with E-state index >= 15 is 0 Å². The Bertz CT molecular complexity index is 736. The third kappa shape index (κ3) is 7.87. The molecular weight excluding hydrogens is 418 g/mol. The quantitative estimate of drug-likeness (QED) is 0.547. The van der Waals surface area contributed by atoms with Gasteiger partial charge in [-0.05, 0) is 55.3 Å². The molecule has 7 nitrogen and oxygen atoms in total. The summed E-state index contributed by atoms with van der Waals surface area (Å²) >= 11 is 0. The first kappa shape index (κ1) is 25.8. The molecule has 7 heteroatoms. The smallest absolute Gasteiger partial charge is 0.220 e.